The highest BCUT2D eigenvalue weighted by molar-refractivity contribution is 5.69. The summed E-state index contributed by atoms with van der Waals surface area (Å²) < 4.78 is 5.62. The standard InChI is InChI=1S/C35H69NO3/c1-5-9-18-24-33(25-19-10-6-2)29-31-39-35(38)28-22-16-13-15-21-27-34(32-36(7-3)8-4)26-20-14-11-12-17-23-30-37/h30,33-34H,5-29,31-32H2,1-4H3. The fourth-order valence-electron chi connectivity index (χ4n) is 5.81. The summed E-state index contributed by atoms with van der Waals surface area (Å²) in [6.07, 6.45) is 28.6. The molecule has 0 saturated heterocycles. The van der Waals surface area contributed by atoms with Crippen LogP contribution in [0.5, 0.6) is 0 Å². The minimum atomic E-state index is 0.0151. The van der Waals surface area contributed by atoms with E-state index in [2.05, 4.69) is 32.6 Å². The molecule has 0 aliphatic carbocycles. The average molecular weight is 552 g/mol. The van der Waals surface area contributed by atoms with Gasteiger partial charge in [0.05, 0.1) is 6.61 Å². The molecular weight excluding hydrogens is 482 g/mol. The Morgan fingerprint density at radius 1 is 0.615 bits per heavy atom. The highest BCUT2D eigenvalue weighted by atomic mass is 16.5. The molecule has 0 heterocycles. The van der Waals surface area contributed by atoms with E-state index in [-0.39, 0.29) is 5.97 Å². The zero-order chi connectivity index (χ0) is 28.8. The second-order valence-corrected chi connectivity index (χ2v) is 12.0. The summed E-state index contributed by atoms with van der Waals surface area (Å²) >= 11 is 0. The van der Waals surface area contributed by atoms with Gasteiger partial charge in [-0.05, 0) is 57.0 Å². The maximum absolute atomic E-state index is 12.2. The third-order valence-electron chi connectivity index (χ3n) is 8.56. The lowest BCUT2D eigenvalue weighted by atomic mass is 9.92. The Labute approximate surface area is 244 Å². The molecular formula is C35H69NO3. The summed E-state index contributed by atoms with van der Waals surface area (Å²) in [6.45, 7) is 13.2. The fraction of sp³-hybridized carbons (Fsp3) is 0.943. The number of esters is 1. The number of rotatable bonds is 31. The summed E-state index contributed by atoms with van der Waals surface area (Å²) in [5.41, 5.74) is 0. The van der Waals surface area contributed by atoms with Crippen LogP contribution in [0.4, 0.5) is 0 Å². The van der Waals surface area contributed by atoms with Crippen molar-refractivity contribution < 1.29 is 14.3 Å². The number of aldehydes is 1. The van der Waals surface area contributed by atoms with Gasteiger partial charge < -0.3 is 14.4 Å². The number of nitrogens with zero attached hydrogens (tertiary/aromatic N) is 1. The first-order valence-electron chi connectivity index (χ1n) is 17.4. The molecule has 1 unspecified atom stereocenters. The number of ether oxygens (including phenoxy) is 1. The van der Waals surface area contributed by atoms with Gasteiger partial charge in [0.15, 0.2) is 0 Å². The molecule has 0 aliphatic heterocycles. The molecule has 1 atom stereocenters. The molecule has 0 N–H and O–H groups in total. The maximum Gasteiger partial charge on any atom is 0.305 e. The first-order chi connectivity index (χ1) is 19.1. The van der Waals surface area contributed by atoms with E-state index in [0.29, 0.717) is 13.0 Å². The SMILES string of the molecule is CCCCCC(CCCCC)CCOC(=O)CCCCCCCC(CCCCCCCC=O)CN(CC)CC. The molecule has 0 saturated carbocycles. The molecule has 0 aliphatic rings. The van der Waals surface area contributed by atoms with Crippen molar-refractivity contribution in [2.24, 2.45) is 11.8 Å². The normalized spacial score (nSPS) is 12.4. The third-order valence-corrected chi connectivity index (χ3v) is 8.56. The van der Waals surface area contributed by atoms with E-state index in [9.17, 15) is 9.59 Å². The van der Waals surface area contributed by atoms with Crippen LogP contribution in [0.15, 0.2) is 0 Å². The molecule has 0 fully saturated rings. The Bertz CT molecular complexity index is 510. The van der Waals surface area contributed by atoms with Crippen LogP contribution in [0.1, 0.15) is 175 Å². The zero-order valence-electron chi connectivity index (χ0n) is 27.0. The molecule has 0 radical (unpaired) electrons. The third kappa shape index (κ3) is 25.8. The minimum absolute atomic E-state index is 0.0151. The second-order valence-electron chi connectivity index (χ2n) is 12.0. The summed E-state index contributed by atoms with van der Waals surface area (Å²) in [5.74, 6) is 1.55. The van der Waals surface area contributed by atoms with Gasteiger partial charge in [0.1, 0.15) is 6.29 Å². The van der Waals surface area contributed by atoms with Gasteiger partial charge in [0.2, 0.25) is 0 Å². The number of carbonyl (C=O) groups excluding carboxylic acids is 2. The van der Waals surface area contributed by atoms with Gasteiger partial charge in [-0.3, -0.25) is 4.79 Å². The number of hydrogen-bond donors (Lipinski definition) is 0. The smallest absolute Gasteiger partial charge is 0.305 e. The summed E-state index contributed by atoms with van der Waals surface area (Å²) in [7, 11) is 0. The quantitative estimate of drug-likeness (QED) is 0.0488. The van der Waals surface area contributed by atoms with Crippen molar-refractivity contribution in [2.75, 3.05) is 26.2 Å². The van der Waals surface area contributed by atoms with E-state index in [4.69, 9.17) is 4.74 Å². The van der Waals surface area contributed by atoms with Crippen molar-refractivity contribution in [3.05, 3.63) is 0 Å². The summed E-state index contributed by atoms with van der Waals surface area (Å²) in [4.78, 5) is 25.3. The molecule has 0 bridgehead atoms. The van der Waals surface area contributed by atoms with Crippen LogP contribution in [0.2, 0.25) is 0 Å². The van der Waals surface area contributed by atoms with E-state index in [0.717, 1.165) is 63.3 Å². The lowest BCUT2D eigenvalue weighted by Gasteiger charge is -2.25. The molecule has 4 heteroatoms. The molecule has 0 amide bonds. The van der Waals surface area contributed by atoms with E-state index >= 15 is 0 Å². The molecule has 0 rings (SSSR count). The van der Waals surface area contributed by atoms with Crippen molar-refractivity contribution in [3.63, 3.8) is 0 Å². The van der Waals surface area contributed by atoms with Crippen molar-refractivity contribution in [1.29, 1.82) is 0 Å². The number of unbranched alkanes of at least 4 members (excludes halogenated alkanes) is 13. The van der Waals surface area contributed by atoms with Gasteiger partial charge >= 0.3 is 5.97 Å². The topological polar surface area (TPSA) is 46.6 Å². The Morgan fingerprint density at radius 2 is 1.10 bits per heavy atom. The Hall–Kier alpha value is -0.900. The van der Waals surface area contributed by atoms with Crippen molar-refractivity contribution in [3.8, 4) is 0 Å². The maximum atomic E-state index is 12.2. The lowest BCUT2D eigenvalue weighted by molar-refractivity contribution is -0.144. The molecule has 0 spiro atoms. The predicted octanol–water partition coefficient (Wildman–Crippen LogP) is 10.3. The fourth-order valence-corrected chi connectivity index (χ4v) is 5.81. The average Bonchev–Trinajstić information content (AvgIpc) is 2.94. The minimum Gasteiger partial charge on any atom is -0.466 e. The van der Waals surface area contributed by atoms with Crippen LogP contribution in [0, 0.1) is 11.8 Å². The van der Waals surface area contributed by atoms with Crippen LogP contribution in [-0.4, -0.2) is 43.4 Å². The van der Waals surface area contributed by atoms with Crippen molar-refractivity contribution >= 4 is 12.3 Å². The van der Waals surface area contributed by atoms with Crippen LogP contribution < -0.4 is 0 Å². The molecule has 4 nitrogen and oxygen atoms in total. The Kier molecular flexibility index (Phi) is 29.4. The van der Waals surface area contributed by atoms with Crippen LogP contribution in [-0.2, 0) is 14.3 Å². The van der Waals surface area contributed by atoms with Gasteiger partial charge in [0, 0.05) is 19.4 Å². The largest absolute Gasteiger partial charge is 0.466 e. The molecule has 232 valence electrons. The monoisotopic (exact) mass is 552 g/mol. The van der Waals surface area contributed by atoms with Gasteiger partial charge in [0.25, 0.3) is 0 Å². The molecule has 0 aromatic rings. The molecule has 39 heavy (non-hydrogen) atoms. The Balaban J connectivity index is 4.02. The van der Waals surface area contributed by atoms with Gasteiger partial charge in [-0.15, -0.1) is 0 Å². The van der Waals surface area contributed by atoms with Crippen molar-refractivity contribution in [2.45, 2.75) is 175 Å². The first kappa shape index (κ1) is 38.1. The molecule has 0 aromatic heterocycles. The second kappa shape index (κ2) is 30.1. The van der Waals surface area contributed by atoms with E-state index in [1.165, 1.54) is 116 Å². The highest BCUT2D eigenvalue weighted by Gasteiger charge is 2.13. The lowest BCUT2D eigenvalue weighted by Crippen LogP contribution is -2.29. The summed E-state index contributed by atoms with van der Waals surface area (Å²) in [5, 5.41) is 0. The predicted molar refractivity (Wildman–Crippen MR) is 169 cm³/mol. The zero-order valence-corrected chi connectivity index (χ0v) is 27.0. The van der Waals surface area contributed by atoms with Crippen molar-refractivity contribution in [1.82, 2.24) is 4.90 Å². The van der Waals surface area contributed by atoms with Gasteiger partial charge in [-0.2, -0.15) is 0 Å². The van der Waals surface area contributed by atoms with E-state index in [1.54, 1.807) is 0 Å². The van der Waals surface area contributed by atoms with E-state index in [1.807, 2.05) is 0 Å². The van der Waals surface area contributed by atoms with Crippen LogP contribution in [0.3, 0.4) is 0 Å². The van der Waals surface area contributed by atoms with Gasteiger partial charge in [-0.25, -0.2) is 0 Å². The number of carbonyl (C=O) groups is 2. The van der Waals surface area contributed by atoms with E-state index < -0.39 is 0 Å². The summed E-state index contributed by atoms with van der Waals surface area (Å²) in [6, 6.07) is 0. The highest BCUT2D eigenvalue weighted by Crippen LogP contribution is 2.22. The van der Waals surface area contributed by atoms with Crippen LogP contribution >= 0.6 is 0 Å². The number of hydrogen-bond acceptors (Lipinski definition) is 4. The van der Waals surface area contributed by atoms with Gasteiger partial charge in [-0.1, -0.05) is 130 Å². The molecule has 0 aromatic carbocycles. The Morgan fingerprint density at radius 3 is 1.64 bits per heavy atom. The first-order valence-corrected chi connectivity index (χ1v) is 17.4. The van der Waals surface area contributed by atoms with Crippen LogP contribution in [0.25, 0.3) is 0 Å².